The van der Waals surface area contributed by atoms with Gasteiger partial charge in [0.15, 0.2) is 0 Å². The summed E-state index contributed by atoms with van der Waals surface area (Å²) < 4.78 is 1.23. The summed E-state index contributed by atoms with van der Waals surface area (Å²) in [6.45, 7) is 0.647. The van der Waals surface area contributed by atoms with Crippen molar-refractivity contribution in [1.29, 1.82) is 0 Å². The van der Waals surface area contributed by atoms with Gasteiger partial charge >= 0.3 is 5.97 Å². The second-order valence-electron chi connectivity index (χ2n) is 6.69. The number of amides is 1. The zero-order valence-electron chi connectivity index (χ0n) is 13.7. The van der Waals surface area contributed by atoms with Crippen LogP contribution in [0.5, 0.6) is 0 Å². The topological polar surface area (TPSA) is 92.5 Å². The molecule has 0 unspecified atom stereocenters. The first-order valence-electron chi connectivity index (χ1n) is 8.65. The molecule has 0 bridgehead atoms. The van der Waals surface area contributed by atoms with Crippen molar-refractivity contribution in [3.8, 4) is 0 Å². The van der Waals surface area contributed by atoms with Crippen molar-refractivity contribution in [1.82, 2.24) is 14.7 Å². The largest absolute Gasteiger partial charge is 0.481 e. The van der Waals surface area contributed by atoms with E-state index in [1.165, 1.54) is 4.68 Å². The van der Waals surface area contributed by atoms with Crippen LogP contribution in [-0.2, 0) is 29.0 Å². The number of aliphatic carboxylic acids is 1. The highest BCUT2D eigenvalue weighted by Gasteiger charge is 2.28. The number of likely N-dealkylation sites (tertiary alicyclic amines) is 1. The minimum atomic E-state index is -0.868. The van der Waals surface area contributed by atoms with Gasteiger partial charge in [-0.05, 0) is 44.1 Å². The Bertz CT molecular complexity index is 698. The molecule has 7 heteroatoms. The number of carboxylic acids is 1. The second kappa shape index (κ2) is 7.15. The number of hydrogen-bond donors (Lipinski definition) is 1. The van der Waals surface area contributed by atoms with Crippen LogP contribution in [0.2, 0.25) is 0 Å². The van der Waals surface area contributed by atoms with E-state index in [1.54, 1.807) is 11.0 Å². The molecule has 1 aliphatic carbocycles. The molecule has 130 valence electrons. The Balaban J connectivity index is 1.73. The molecule has 0 spiro atoms. The van der Waals surface area contributed by atoms with Gasteiger partial charge < -0.3 is 10.0 Å². The van der Waals surface area contributed by atoms with Gasteiger partial charge in [0.1, 0.15) is 6.54 Å². The predicted molar refractivity (Wildman–Crippen MR) is 86.7 cm³/mol. The lowest BCUT2D eigenvalue weighted by Crippen LogP contribution is -2.45. The number of aryl methyl sites for hydroxylation is 2. The van der Waals surface area contributed by atoms with E-state index in [9.17, 15) is 14.4 Å². The summed E-state index contributed by atoms with van der Waals surface area (Å²) in [6, 6.07) is 1.61. The van der Waals surface area contributed by atoms with Gasteiger partial charge in [-0.2, -0.15) is 5.10 Å². The maximum Gasteiger partial charge on any atom is 0.308 e. The van der Waals surface area contributed by atoms with Crippen molar-refractivity contribution in [2.75, 3.05) is 13.1 Å². The maximum atomic E-state index is 12.5. The summed E-state index contributed by atoms with van der Waals surface area (Å²) in [5.74, 6) is -1.61. The first-order chi connectivity index (χ1) is 11.5. The van der Waals surface area contributed by atoms with Crippen LogP contribution < -0.4 is 5.56 Å². The zero-order chi connectivity index (χ0) is 17.1. The summed E-state index contributed by atoms with van der Waals surface area (Å²) in [5, 5.41) is 13.5. The Kier molecular flexibility index (Phi) is 4.97. The molecular formula is C17H23N3O4. The number of hydrogen-bond acceptors (Lipinski definition) is 4. The van der Waals surface area contributed by atoms with Crippen LogP contribution in [0, 0.1) is 5.92 Å². The van der Waals surface area contributed by atoms with E-state index >= 15 is 0 Å². The highest BCUT2D eigenvalue weighted by Crippen LogP contribution is 2.18. The summed E-state index contributed by atoms with van der Waals surface area (Å²) in [4.78, 5) is 37.4. The molecular weight excluding hydrogens is 310 g/mol. The third-order valence-corrected chi connectivity index (χ3v) is 4.93. The van der Waals surface area contributed by atoms with Gasteiger partial charge in [0.2, 0.25) is 5.91 Å². The summed E-state index contributed by atoms with van der Waals surface area (Å²) in [7, 11) is 0. The third kappa shape index (κ3) is 3.66. The average Bonchev–Trinajstić information content (AvgIpc) is 2.80. The Morgan fingerprint density at radius 1 is 1.21 bits per heavy atom. The molecule has 2 aliphatic rings. The minimum Gasteiger partial charge on any atom is -0.481 e. The van der Waals surface area contributed by atoms with Crippen LogP contribution in [0.3, 0.4) is 0 Å². The van der Waals surface area contributed by atoms with Crippen molar-refractivity contribution >= 4 is 11.9 Å². The number of carbonyl (C=O) groups excluding carboxylic acids is 1. The average molecular weight is 333 g/mol. The number of nitrogens with zero attached hydrogens (tertiary/aromatic N) is 3. The fourth-order valence-corrected chi connectivity index (χ4v) is 3.52. The molecule has 1 N–H and O–H groups in total. The molecule has 3 rings (SSSR count). The maximum absolute atomic E-state index is 12.5. The van der Waals surface area contributed by atoms with Gasteiger partial charge in [-0.3, -0.25) is 14.4 Å². The van der Waals surface area contributed by atoms with Gasteiger partial charge in [-0.15, -0.1) is 0 Å². The van der Waals surface area contributed by atoms with Crippen LogP contribution in [0.15, 0.2) is 10.9 Å². The molecule has 24 heavy (non-hydrogen) atoms. The predicted octanol–water partition coefficient (Wildman–Crippen LogP) is 0.835. The van der Waals surface area contributed by atoms with E-state index in [-0.39, 0.29) is 24.6 Å². The summed E-state index contributed by atoms with van der Waals surface area (Å²) >= 11 is 0. The van der Waals surface area contributed by atoms with Gasteiger partial charge in [0.25, 0.3) is 5.56 Å². The van der Waals surface area contributed by atoms with Crippen molar-refractivity contribution in [3.05, 3.63) is 27.7 Å². The smallest absolute Gasteiger partial charge is 0.308 e. The molecule has 1 aromatic heterocycles. The van der Waals surface area contributed by atoms with Gasteiger partial charge in [0.05, 0.1) is 11.6 Å². The minimum absolute atomic E-state index is 0.113. The van der Waals surface area contributed by atoms with Crippen molar-refractivity contribution < 1.29 is 14.7 Å². The zero-order valence-corrected chi connectivity index (χ0v) is 13.7. The van der Waals surface area contributed by atoms with Crippen molar-refractivity contribution in [2.45, 2.75) is 51.5 Å². The molecule has 1 fully saturated rings. The molecule has 0 radical (unpaired) electrons. The molecule has 2 heterocycles. The number of aromatic nitrogens is 2. The number of piperidine rings is 1. The molecule has 0 saturated carbocycles. The Morgan fingerprint density at radius 2 is 2.00 bits per heavy atom. The van der Waals surface area contributed by atoms with E-state index in [4.69, 9.17) is 5.11 Å². The van der Waals surface area contributed by atoms with E-state index in [0.29, 0.717) is 19.4 Å². The number of carboxylic acid groups (broad SMARTS) is 1. The second-order valence-corrected chi connectivity index (χ2v) is 6.69. The monoisotopic (exact) mass is 333 g/mol. The van der Waals surface area contributed by atoms with E-state index in [0.717, 1.165) is 43.4 Å². The first-order valence-corrected chi connectivity index (χ1v) is 8.65. The van der Waals surface area contributed by atoms with Gasteiger partial charge in [-0.25, -0.2) is 4.68 Å². The Hall–Kier alpha value is -2.18. The highest BCUT2D eigenvalue weighted by molar-refractivity contribution is 5.77. The van der Waals surface area contributed by atoms with Crippen LogP contribution in [0.25, 0.3) is 0 Å². The van der Waals surface area contributed by atoms with Crippen LogP contribution in [-0.4, -0.2) is 44.8 Å². The van der Waals surface area contributed by atoms with Crippen molar-refractivity contribution in [2.24, 2.45) is 5.92 Å². The molecule has 1 atom stereocenters. The van der Waals surface area contributed by atoms with Crippen LogP contribution >= 0.6 is 0 Å². The van der Waals surface area contributed by atoms with Crippen LogP contribution in [0.1, 0.15) is 43.4 Å². The summed E-state index contributed by atoms with van der Waals surface area (Å²) in [6.07, 6.45) is 6.24. The van der Waals surface area contributed by atoms with Crippen LogP contribution in [0.4, 0.5) is 0 Å². The van der Waals surface area contributed by atoms with Gasteiger partial charge in [0, 0.05) is 19.2 Å². The van der Waals surface area contributed by atoms with Crippen molar-refractivity contribution in [3.63, 3.8) is 0 Å². The normalized spacial score (nSPS) is 21.0. The SMILES string of the molecule is O=C(O)[C@@H]1CCCN(C(=O)Cn2nc3c(cc2=O)CCCCC3)C1. The first kappa shape index (κ1) is 16.7. The molecule has 1 saturated heterocycles. The molecule has 0 aromatic carbocycles. The number of fused-ring (bicyclic) bond motifs is 1. The van der Waals surface area contributed by atoms with E-state index in [1.807, 2.05) is 0 Å². The quantitative estimate of drug-likeness (QED) is 0.827. The Labute approximate surface area is 140 Å². The van der Waals surface area contributed by atoms with E-state index in [2.05, 4.69) is 5.10 Å². The molecule has 1 aliphatic heterocycles. The fourth-order valence-electron chi connectivity index (χ4n) is 3.52. The Morgan fingerprint density at radius 3 is 2.79 bits per heavy atom. The lowest BCUT2D eigenvalue weighted by atomic mass is 9.98. The summed E-state index contributed by atoms with van der Waals surface area (Å²) in [5.41, 5.74) is 1.67. The lowest BCUT2D eigenvalue weighted by Gasteiger charge is -2.30. The van der Waals surface area contributed by atoms with E-state index < -0.39 is 11.9 Å². The van der Waals surface area contributed by atoms with Gasteiger partial charge in [-0.1, -0.05) is 6.42 Å². The fraction of sp³-hybridized carbons (Fsp3) is 0.647. The number of carbonyl (C=O) groups is 2. The highest BCUT2D eigenvalue weighted by atomic mass is 16.4. The number of rotatable bonds is 3. The lowest BCUT2D eigenvalue weighted by molar-refractivity contribution is -0.145. The third-order valence-electron chi connectivity index (χ3n) is 4.93. The molecule has 7 nitrogen and oxygen atoms in total. The molecule has 1 aromatic rings. The standard InChI is InChI=1S/C17H23N3O4/c21-15-9-12-5-2-1-3-7-14(12)18-20(15)11-16(22)19-8-4-6-13(10-19)17(23)24/h9,13H,1-8,10-11H2,(H,23,24)/t13-/m1/s1. The molecule has 1 amide bonds.